The Morgan fingerprint density at radius 2 is 1.48 bits per heavy atom. The average Bonchev–Trinajstić information content (AvgIpc) is 3.15. The van der Waals surface area contributed by atoms with Gasteiger partial charge in [0.05, 0.1) is 5.39 Å². The minimum Gasteiger partial charge on any atom is -0.371 e. The number of nitrogens with two attached hydrogens (primary N) is 1. The summed E-state index contributed by atoms with van der Waals surface area (Å²) in [5, 5.41) is 10.8. The van der Waals surface area contributed by atoms with Crippen LogP contribution in [0.1, 0.15) is 61.3 Å². The number of amides is 4. The lowest BCUT2D eigenvalue weighted by atomic mass is 9.90. The summed E-state index contributed by atoms with van der Waals surface area (Å²) in [5.41, 5.74) is 7.95. The van der Waals surface area contributed by atoms with Gasteiger partial charge in [-0.3, -0.25) is 34.2 Å². The molecule has 7 rings (SSSR count). The maximum Gasteiger partial charge on any atom is 0.278 e. The molecule has 4 fully saturated rings. The van der Waals surface area contributed by atoms with Gasteiger partial charge in [0.2, 0.25) is 17.7 Å². The lowest BCUT2D eigenvalue weighted by Crippen LogP contribution is -2.47. The van der Waals surface area contributed by atoms with Gasteiger partial charge >= 0.3 is 0 Å². The molecule has 1 aromatic heterocycles. The maximum atomic E-state index is 13.5. The first-order chi connectivity index (χ1) is 24.2. The number of nitrogens with zero attached hydrogens (tertiary/aromatic N) is 7. The Balaban J connectivity index is 0.853. The van der Waals surface area contributed by atoms with E-state index < -0.39 is 23.4 Å². The van der Waals surface area contributed by atoms with E-state index in [1.54, 1.807) is 24.3 Å². The molecule has 14 heteroatoms. The number of anilines is 2. The molecule has 2 aromatic carbocycles. The summed E-state index contributed by atoms with van der Waals surface area (Å²) in [7, 11) is 0. The van der Waals surface area contributed by atoms with Crippen molar-refractivity contribution in [1.82, 2.24) is 30.1 Å². The quantitative estimate of drug-likeness (QED) is 0.333. The van der Waals surface area contributed by atoms with E-state index in [-0.39, 0.29) is 30.6 Å². The van der Waals surface area contributed by atoms with E-state index in [0.717, 1.165) is 94.0 Å². The van der Waals surface area contributed by atoms with Crippen LogP contribution in [0.5, 0.6) is 0 Å². The molecule has 4 aliphatic rings. The number of rotatable bonds is 8. The first-order valence-corrected chi connectivity index (χ1v) is 17.9. The number of imide groups is 1. The molecular formula is C36H45N9O5. The molecule has 4 saturated heterocycles. The third-order valence-corrected chi connectivity index (χ3v) is 11.1. The minimum absolute atomic E-state index is 0.00201. The average molecular weight is 684 g/mol. The van der Waals surface area contributed by atoms with Gasteiger partial charge in [-0.15, -0.1) is 5.10 Å². The fourth-order valence-electron chi connectivity index (χ4n) is 7.88. The number of piperazine rings is 1. The highest BCUT2D eigenvalue weighted by atomic mass is 16.2. The predicted octanol–water partition coefficient (Wildman–Crippen LogP) is 1.54. The number of carbonyl (C=O) groups excluding carboxylic acids is 4. The molecule has 1 unspecified atom stereocenters. The topological polar surface area (TPSA) is 167 Å². The Morgan fingerprint density at radius 1 is 0.800 bits per heavy atom. The van der Waals surface area contributed by atoms with Gasteiger partial charge < -0.3 is 20.4 Å². The Hall–Kier alpha value is -4.85. The van der Waals surface area contributed by atoms with Crippen LogP contribution in [-0.2, 0) is 14.4 Å². The van der Waals surface area contributed by atoms with Crippen molar-refractivity contribution in [3.8, 4) is 0 Å². The van der Waals surface area contributed by atoms with Crippen LogP contribution in [0.25, 0.3) is 10.9 Å². The molecule has 264 valence electrons. The summed E-state index contributed by atoms with van der Waals surface area (Å²) in [5.74, 6) is -0.391. The first-order valence-electron chi connectivity index (χ1n) is 17.9. The smallest absolute Gasteiger partial charge is 0.278 e. The van der Waals surface area contributed by atoms with Gasteiger partial charge in [-0.05, 0) is 93.5 Å². The van der Waals surface area contributed by atoms with Crippen molar-refractivity contribution >= 4 is 45.9 Å². The first kappa shape index (κ1) is 33.6. The fourth-order valence-corrected chi connectivity index (χ4v) is 7.88. The predicted molar refractivity (Wildman–Crippen MR) is 188 cm³/mol. The molecule has 1 atom stereocenters. The van der Waals surface area contributed by atoms with Crippen LogP contribution < -0.4 is 26.4 Å². The lowest BCUT2D eigenvalue weighted by Gasteiger charge is -2.39. The number of piperidine rings is 3. The molecule has 0 spiro atoms. The van der Waals surface area contributed by atoms with Gasteiger partial charge in [-0.1, -0.05) is 5.21 Å². The van der Waals surface area contributed by atoms with Crippen LogP contribution in [0.3, 0.4) is 0 Å². The SMILES string of the molecule is NC(=O)c1ccc(N2CCN(CCC3CCN(C(=O)C4CCN(c5ccc6nnn(C7CCC(=O)NC7=O)c(=O)c6c5)CC4)CC3)CC2)cc1. The number of hydrogen-bond donors (Lipinski definition) is 2. The highest BCUT2D eigenvalue weighted by molar-refractivity contribution is 5.99. The standard InChI is InChI=1S/C36H45N9O5/c37-33(47)25-1-3-27(4-2-25)43-21-19-41(20-22-43)14-9-24-10-15-44(16-11-24)35(49)26-12-17-42(18-13-26)28-5-6-30-29(23-28)36(50)45(40-39-30)31-7-8-32(46)38-34(31)48/h1-6,23-24,26,31H,7-22H2,(H2,37,47)(H,38,46,48). The van der Waals surface area contributed by atoms with E-state index >= 15 is 0 Å². The number of likely N-dealkylation sites (tertiary alicyclic amines) is 1. The Morgan fingerprint density at radius 3 is 2.16 bits per heavy atom. The summed E-state index contributed by atoms with van der Waals surface area (Å²) in [4.78, 5) is 71.3. The van der Waals surface area contributed by atoms with Crippen molar-refractivity contribution in [2.24, 2.45) is 17.6 Å². The fraction of sp³-hybridized carbons (Fsp3) is 0.528. The number of nitrogens with one attached hydrogen (secondary N) is 1. The number of fused-ring (bicyclic) bond motifs is 1. The molecule has 3 N–H and O–H groups in total. The van der Waals surface area contributed by atoms with E-state index in [4.69, 9.17) is 5.73 Å². The minimum atomic E-state index is -0.864. The zero-order valence-electron chi connectivity index (χ0n) is 28.3. The van der Waals surface area contributed by atoms with E-state index in [1.165, 1.54) is 0 Å². The number of aromatic nitrogens is 3. The van der Waals surface area contributed by atoms with Crippen molar-refractivity contribution in [2.75, 3.05) is 68.7 Å². The zero-order valence-corrected chi connectivity index (χ0v) is 28.3. The Bertz CT molecular complexity index is 1800. The molecule has 3 aromatic rings. The molecule has 14 nitrogen and oxygen atoms in total. The van der Waals surface area contributed by atoms with Crippen molar-refractivity contribution in [1.29, 1.82) is 0 Å². The van der Waals surface area contributed by atoms with Gasteiger partial charge in [0, 0.05) is 81.6 Å². The monoisotopic (exact) mass is 683 g/mol. The van der Waals surface area contributed by atoms with E-state index in [9.17, 15) is 24.0 Å². The molecule has 4 amide bonds. The van der Waals surface area contributed by atoms with Gasteiger partial charge in [0.25, 0.3) is 11.5 Å². The lowest BCUT2D eigenvalue weighted by molar-refractivity contribution is -0.138. The second-order valence-electron chi connectivity index (χ2n) is 14.1. The van der Waals surface area contributed by atoms with Crippen molar-refractivity contribution in [3.05, 3.63) is 58.4 Å². The summed E-state index contributed by atoms with van der Waals surface area (Å²) < 4.78 is 1.08. The summed E-state index contributed by atoms with van der Waals surface area (Å²) >= 11 is 0. The van der Waals surface area contributed by atoms with E-state index in [2.05, 4.69) is 35.2 Å². The van der Waals surface area contributed by atoms with E-state index in [1.807, 2.05) is 18.2 Å². The molecule has 4 aliphatic heterocycles. The van der Waals surface area contributed by atoms with Crippen LogP contribution in [0, 0.1) is 11.8 Å². The van der Waals surface area contributed by atoms with Crippen LogP contribution in [0.4, 0.5) is 11.4 Å². The molecule has 0 radical (unpaired) electrons. The normalized spacial score (nSPS) is 21.4. The van der Waals surface area contributed by atoms with Crippen molar-refractivity contribution in [2.45, 2.75) is 51.0 Å². The second-order valence-corrected chi connectivity index (χ2v) is 14.1. The van der Waals surface area contributed by atoms with Crippen LogP contribution >= 0.6 is 0 Å². The number of benzene rings is 2. The third-order valence-electron chi connectivity index (χ3n) is 11.1. The van der Waals surface area contributed by atoms with E-state index in [0.29, 0.717) is 35.5 Å². The highest BCUT2D eigenvalue weighted by Crippen LogP contribution is 2.29. The second kappa shape index (κ2) is 14.6. The zero-order chi connectivity index (χ0) is 34.8. The van der Waals surface area contributed by atoms with Crippen LogP contribution in [0.2, 0.25) is 0 Å². The summed E-state index contributed by atoms with van der Waals surface area (Å²) in [6.07, 6.45) is 5.12. The summed E-state index contributed by atoms with van der Waals surface area (Å²) in [6, 6.07) is 12.2. The molecule has 0 bridgehead atoms. The largest absolute Gasteiger partial charge is 0.371 e. The molecule has 50 heavy (non-hydrogen) atoms. The molecule has 0 aliphatic carbocycles. The number of primary amides is 1. The van der Waals surface area contributed by atoms with Crippen LogP contribution in [-0.4, -0.2) is 107 Å². The highest BCUT2D eigenvalue weighted by Gasteiger charge is 2.33. The molecular weight excluding hydrogens is 638 g/mol. The van der Waals surface area contributed by atoms with Gasteiger partial charge in [0.1, 0.15) is 11.6 Å². The Kier molecular flexibility index (Phi) is 9.79. The number of hydrogen-bond acceptors (Lipinski definition) is 10. The van der Waals surface area contributed by atoms with Gasteiger partial charge in [-0.25, -0.2) is 0 Å². The number of carbonyl (C=O) groups is 4. The molecule has 5 heterocycles. The molecule has 0 saturated carbocycles. The summed E-state index contributed by atoms with van der Waals surface area (Å²) in [6.45, 7) is 8.10. The maximum absolute atomic E-state index is 13.5. The van der Waals surface area contributed by atoms with Gasteiger partial charge in [-0.2, -0.15) is 4.68 Å². The third kappa shape index (κ3) is 7.21. The van der Waals surface area contributed by atoms with Gasteiger partial charge in [0.15, 0.2) is 0 Å². The Labute approximate surface area is 290 Å². The van der Waals surface area contributed by atoms with Crippen LogP contribution in [0.15, 0.2) is 47.3 Å². The van der Waals surface area contributed by atoms with Crippen molar-refractivity contribution in [3.63, 3.8) is 0 Å². The van der Waals surface area contributed by atoms with Crippen molar-refractivity contribution < 1.29 is 19.2 Å².